The average Bonchev–Trinajstić information content (AvgIpc) is 2.83. The summed E-state index contributed by atoms with van der Waals surface area (Å²) in [4.78, 5) is 0. The summed E-state index contributed by atoms with van der Waals surface area (Å²) in [5, 5.41) is 5.22. The van der Waals surface area contributed by atoms with E-state index in [0.29, 0.717) is 10.8 Å². The first-order chi connectivity index (χ1) is 9.24. The Kier molecular flexibility index (Phi) is 2.97. The Morgan fingerprint density at radius 1 is 0.947 bits per heavy atom. The molecule has 94 valence electrons. The van der Waals surface area contributed by atoms with Crippen LogP contribution in [0.1, 0.15) is 0 Å². The molecule has 0 bridgehead atoms. The van der Waals surface area contributed by atoms with Crippen molar-refractivity contribution in [1.82, 2.24) is 9.78 Å². The van der Waals surface area contributed by atoms with Crippen LogP contribution in [0.4, 0.5) is 5.82 Å². The van der Waals surface area contributed by atoms with E-state index >= 15 is 0 Å². The van der Waals surface area contributed by atoms with Crippen LogP contribution in [0, 0.1) is 0 Å². The molecule has 0 aliphatic heterocycles. The van der Waals surface area contributed by atoms with Gasteiger partial charge in [-0.3, -0.25) is 0 Å². The Bertz CT molecular complexity index is 687. The molecule has 2 N–H and O–H groups in total. The van der Waals surface area contributed by atoms with Crippen LogP contribution in [-0.4, -0.2) is 9.78 Å². The molecule has 0 radical (unpaired) electrons. The van der Waals surface area contributed by atoms with Crippen LogP contribution in [0.25, 0.3) is 16.9 Å². The topological polar surface area (TPSA) is 43.8 Å². The molecule has 0 aliphatic carbocycles. The molecule has 0 saturated carbocycles. The zero-order chi connectivity index (χ0) is 13.2. The Morgan fingerprint density at radius 2 is 1.63 bits per heavy atom. The van der Waals surface area contributed by atoms with E-state index in [0.717, 1.165) is 16.9 Å². The normalized spacial score (nSPS) is 10.6. The predicted molar refractivity (Wildman–Crippen MR) is 78.4 cm³/mol. The van der Waals surface area contributed by atoms with Crippen molar-refractivity contribution in [2.45, 2.75) is 0 Å². The maximum absolute atomic E-state index is 6.02. The standard InChI is InChI=1S/C15H12ClN3/c16-12-6-8-13(9-7-12)19-15(17)10-14(18-19)11-4-2-1-3-5-11/h1-10H,17H2. The van der Waals surface area contributed by atoms with Crippen molar-refractivity contribution >= 4 is 17.4 Å². The second kappa shape index (κ2) is 4.78. The second-order valence-corrected chi connectivity index (χ2v) is 4.65. The van der Waals surface area contributed by atoms with Gasteiger partial charge in [0, 0.05) is 16.7 Å². The van der Waals surface area contributed by atoms with Gasteiger partial charge in [0.25, 0.3) is 0 Å². The first kappa shape index (κ1) is 11.8. The van der Waals surface area contributed by atoms with Crippen molar-refractivity contribution < 1.29 is 0 Å². The van der Waals surface area contributed by atoms with Gasteiger partial charge in [-0.2, -0.15) is 5.10 Å². The highest BCUT2D eigenvalue weighted by Gasteiger charge is 2.08. The summed E-state index contributed by atoms with van der Waals surface area (Å²) in [5.74, 6) is 0.598. The van der Waals surface area contributed by atoms with Crippen molar-refractivity contribution in [3.05, 3.63) is 65.7 Å². The van der Waals surface area contributed by atoms with Gasteiger partial charge >= 0.3 is 0 Å². The first-order valence-electron chi connectivity index (χ1n) is 5.91. The lowest BCUT2D eigenvalue weighted by atomic mass is 10.2. The average molecular weight is 270 g/mol. The third-order valence-electron chi connectivity index (χ3n) is 2.88. The van der Waals surface area contributed by atoms with Gasteiger partial charge in [0.15, 0.2) is 0 Å². The number of aromatic nitrogens is 2. The number of hydrogen-bond acceptors (Lipinski definition) is 2. The van der Waals surface area contributed by atoms with E-state index in [4.69, 9.17) is 17.3 Å². The van der Waals surface area contributed by atoms with Crippen LogP contribution in [0.15, 0.2) is 60.7 Å². The summed E-state index contributed by atoms with van der Waals surface area (Å²) in [6.45, 7) is 0. The molecule has 2 aromatic carbocycles. The number of nitrogens with zero attached hydrogens (tertiary/aromatic N) is 2. The maximum Gasteiger partial charge on any atom is 0.127 e. The van der Waals surface area contributed by atoms with Crippen molar-refractivity contribution in [1.29, 1.82) is 0 Å². The number of halogens is 1. The zero-order valence-corrected chi connectivity index (χ0v) is 10.9. The fourth-order valence-electron chi connectivity index (χ4n) is 1.93. The van der Waals surface area contributed by atoms with E-state index in [1.807, 2.05) is 60.7 Å². The minimum Gasteiger partial charge on any atom is -0.384 e. The van der Waals surface area contributed by atoms with Crippen molar-refractivity contribution in [2.75, 3.05) is 5.73 Å². The van der Waals surface area contributed by atoms with Crippen molar-refractivity contribution in [3.63, 3.8) is 0 Å². The zero-order valence-electron chi connectivity index (χ0n) is 10.1. The Hall–Kier alpha value is -2.26. The predicted octanol–water partition coefficient (Wildman–Crippen LogP) is 3.77. The summed E-state index contributed by atoms with van der Waals surface area (Å²) in [6, 6.07) is 19.2. The van der Waals surface area contributed by atoms with E-state index in [1.54, 1.807) is 4.68 Å². The lowest BCUT2D eigenvalue weighted by molar-refractivity contribution is 0.895. The minimum absolute atomic E-state index is 0.598. The van der Waals surface area contributed by atoms with Gasteiger partial charge in [-0.1, -0.05) is 41.9 Å². The highest BCUT2D eigenvalue weighted by molar-refractivity contribution is 6.30. The number of anilines is 1. The molecule has 4 heteroatoms. The van der Waals surface area contributed by atoms with E-state index in [-0.39, 0.29) is 0 Å². The Labute approximate surface area is 116 Å². The molecule has 19 heavy (non-hydrogen) atoms. The number of nitrogen functional groups attached to an aromatic ring is 1. The maximum atomic E-state index is 6.02. The van der Waals surface area contributed by atoms with Gasteiger partial charge in [0.05, 0.1) is 11.4 Å². The summed E-state index contributed by atoms with van der Waals surface area (Å²) in [5.41, 5.74) is 8.81. The minimum atomic E-state index is 0.598. The van der Waals surface area contributed by atoms with E-state index in [2.05, 4.69) is 5.10 Å². The van der Waals surface area contributed by atoms with Crippen LogP contribution in [0.3, 0.4) is 0 Å². The fraction of sp³-hybridized carbons (Fsp3) is 0. The molecule has 3 aromatic rings. The fourth-order valence-corrected chi connectivity index (χ4v) is 2.06. The van der Waals surface area contributed by atoms with Gasteiger partial charge in [-0.25, -0.2) is 4.68 Å². The van der Waals surface area contributed by atoms with Crippen molar-refractivity contribution in [2.24, 2.45) is 0 Å². The SMILES string of the molecule is Nc1cc(-c2ccccc2)nn1-c1ccc(Cl)cc1. The monoisotopic (exact) mass is 269 g/mol. The number of hydrogen-bond donors (Lipinski definition) is 1. The van der Waals surface area contributed by atoms with Crippen LogP contribution in [0.2, 0.25) is 5.02 Å². The number of rotatable bonds is 2. The Balaban J connectivity index is 2.05. The first-order valence-corrected chi connectivity index (χ1v) is 6.29. The second-order valence-electron chi connectivity index (χ2n) is 4.21. The molecule has 0 atom stereocenters. The summed E-state index contributed by atoms with van der Waals surface area (Å²) < 4.78 is 1.71. The third-order valence-corrected chi connectivity index (χ3v) is 3.13. The van der Waals surface area contributed by atoms with Gasteiger partial charge in [-0.05, 0) is 24.3 Å². The molecule has 0 amide bonds. The molecular formula is C15H12ClN3. The van der Waals surface area contributed by atoms with Gasteiger partial charge in [0.2, 0.25) is 0 Å². The van der Waals surface area contributed by atoms with Gasteiger partial charge in [-0.15, -0.1) is 0 Å². The molecule has 0 aliphatic rings. The molecular weight excluding hydrogens is 258 g/mol. The van der Waals surface area contributed by atoms with E-state index in [1.165, 1.54) is 0 Å². The number of benzene rings is 2. The lowest BCUT2D eigenvalue weighted by Gasteiger charge is -2.03. The largest absolute Gasteiger partial charge is 0.384 e. The van der Waals surface area contributed by atoms with Crippen LogP contribution >= 0.6 is 11.6 Å². The summed E-state index contributed by atoms with van der Waals surface area (Å²) in [7, 11) is 0. The molecule has 1 aromatic heterocycles. The highest BCUT2D eigenvalue weighted by Crippen LogP contribution is 2.23. The van der Waals surface area contributed by atoms with Crippen LogP contribution in [0.5, 0.6) is 0 Å². The molecule has 3 nitrogen and oxygen atoms in total. The van der Waals surface area contributed by atoms with E-state index < -0.39 is 0 Å². The molecule has 1 heterocycles. The highest BCUT2D eigenvalue weighted by atomic mass is 35.5. The van der Waals surface area contributed by atoms with Crippen LogP contribution < -0.4 is 5.73 Å². The quantitative estimate of drug-likeness (QED) is 0.769. The molecule has 3 rings (SSSR count). The summed E-state index contributed by atoms with van der Waals surface area (Å²) in [6.07, 6.45) is 0. The van der Waals surface area contributed by atoms with Crippen molar-refractivity contribution in [3.8, 4) is 16.9 Å². The molecule has 0 unspecified atom stereocenters. The van der Waals surface area contributed by atoms with Gasteiger partial charge < -0.3 is 5.73 Å². The summed E-state index contributed by atoms with van der Waals surface area (Å²) >= 11 is 5.88. The third kappa shape index (κ3) is 2.33. The number of nitrogens with two attached hydrogens (primary N) is 1. The van der Waals surface area contributed by atoms with Gasteiger partial charge in [0.1, 0.15) is 5.82 Å². The smallest absolute Gasteiger partial charge is 0.127 e. The van der Waals surface area contributed by atoms with Crippen LogP contribution in [-0.2, 0) is 0 Å². The van der Waals surface area contributed by atoms with E-state index in [9.17, 15) is 0 Å². The lowest BCUT2D eigenvalue weighted by Crippen LogP contribution is -2.01. The molecule has 0 spiro atoms. The Morgan fingerprint density at radius 3 is 2.32 bits per heavy atom. The molecule has 0 saturated heterocycles. The molecule has 0 fully saturated rings.